The molecule has 0 spiro atoms. The number of benzene rings is 1. The van der Waals surface area contributed by atoms with Gasteiger partial charge in [-0.2, -0.15) is 5.10 Å². The fourth-order valence-corrected chi connectivity index (χ4v) is 2.05. The second kappa shape index (κ2) is 5.22. The maximum Gasteiger partial charge on any atom is 0.244 e. The van der Waals surface area contributed by atoms with Gasteiger partial charge in [-0.15, -0.1) is 0 Å². The first-order valence-corrected chi connectivity index (χ1v) is 6.15. The second-order valence-corrected chi connectivity index (χ2v) is 4.85. The lowest BCUT2D eigenvalue weighted by molar-refractivity contribution is -0.118. The van der Waals surface area contributed by atoms with Crippen molar-refractivity contribution in [3.63, 3.8) is 0 Å². The van der Waals surface area contributed by atoms with Gasteiger partial charge in [-0.3, -0.25) is 9.48 Å². The third-order valence-electron chi connectivity index (χ3n) is 2.48. The number of nitrogens with zero attached hydrogens (tertiary/aromatic N) is 2. The van der Waals surface area contributed by atoms with Gasteiger partial charge in [0.25, 0.3) is 0 Å². The number of aryl methyl sites for hydroxylation is 1. The summed E-state index contributed by atoms with van der Waals surface area (Å²) in [5.41, 5.74) is 6.97. The number of anilines is 1. The molecule has 0 bridgehead atoms. The molecule has 1 amide bonds. The van der Waals surface area contributed by atoms with E-state index < -0.39 is 11.9 Å². The number of hydrogen-bond donors (Lipinski definition) is 2. The number of hydrogen-bond acceptors (Lipinski definition) is 3. The third-order valence-corrected chi connectivity index (χ3v) is 2.97. The van der Waals surface area contributed by atoms with Crippen molar-refractivity contribution in [2.45, 2.75) is 6.04 Å². The van der Waals surface area contributed by atoms with E-state index in [1.807, 2.05) is 24.3 Å². The van der Waals surface area contributed by atoms with Gasteiger partial charge in [-0.25, -0.2) is 0 Å². The highest BCUT2D eigenvalue weighted by molar-refractivity contribution is 9.10. The molecule has 2 aromatic rings. The van der Waals surface area contributed by atoms with Crippen LogP contribution in [0.25, 0.3) is 0 Å². The lowest BCUT2D eigenvalue weighted by Gasteiger charge is -2.15. The number of nitrogens with two attached hydrogens (primary N) is 1. The number of amides is 1. The zero-order valence-corrected chi connectivity index (χ0v) is 11.4. The molecule has 0 aliphatic rings. The monoisotopic (exact) mass is 308 g/mol. The number of nitrogens with one attached hydrogen (secondary N) is 1. The lowest BCUT2D eigenvalue weighted by atomic mass is 10.1. The summed E-state index contributed by atoms with van der Waals surface area (Å²) >= 11 is 3.38. The molecule has 0 aliphatic carbocycles. The summed E-state index contributed by atoms with van der Waals surface area (Å²) in [5.74, 6) is -0.442. The van der Waals surface area contributed by atoms with E-state index in [1.165, 1.54) is 0 Å². The van der Waals surface area contributed by atoms with Crippen molar-refractivity contribution in [1.29, 1.82) is 0 Å². The standard InChI is InChI=1S/C12H13BrN4O/c1-17-7-8(6-15-17)11(12(14)18)16-10-4-2-3-9(13)5-10/h2-7,11,16H,1H3,(H2,14,18). The van der Waals surface area contributed by atoms with Crippen molar-refractivity contribution in [1.82, 2.24) is 9.78 Å². The smallest absolute Gasteiger partial charge is 0.244 e. The van der Waals surface area contributed by atoms with Gasteiger partial charge < -0.3 is 11.1 Å². The molecule has 6 heteroatoms. The van der Waals surface area contributed by atoms with Crippen LogP contribution >= 0.6 is 15.9 Å². The predicted molar refractivity (Wildman–Crippen MR) is 72.9 cm³/mol. The Hall–Kier alpha value is -1.82. The Kier molecular flexibility index (Phi) is 3.66. The Bertz CT molecular complexity index is 567. The molecule has 3 N–H and O–H groups in total. The molecule has 1 atom stereocenters. The maximum absolute atomic E-state index is 11.5. The van der Waals surface area contributed by atoms with Crippen LogP contribution in [0.1, 0.15) is 11.6 Å². The van der Waals surface area contributed by atoms with Gasteiger partial charge in [-0.1, -0.05) is 22.0 Å². The lowest BCUT2D eigenvalue weighted by Crippen LogP contribution is -2.27. The minimum absolute atomic E-state index is 0.442. The first kappa shape index (κ1) is 12.6. The number of aromatic nitrogens is 2. The van der Waals surface area contributed by atoms with Crippen molar-refractivity contribution < 1.29 is 4.79 Å². The molecule has 0 radical (unpaired) electrons. The average Bonchev–Trinajstić information content (AvgIpc) is 2.72. The van der Waals surface area contributed by atoms with E-state index in [-0.39, 0.29) is 0 Å². The molecule has 18 heavy (non-hydrogen) atoms. The molecule has 0 saturated heterocycles. The van der Waals surface area contributed by atoms with Crippen LogP contribution in [-0.4, -0.2) is 15.7 Å². The molecule has 0 aliphatic heterocycles. The fraction of sp³-hybridized carbons (Fsp3) is 0.167. The largest absolute Gasteiger partial charge is 0.370 e. The van der Waals surface area contributed by atoms with Crippen LogP contribution < -0.4 is 11.1 Å². The second-order valence-electron chi connectivity index (χ2n) is 3.94. The summed E-state index contributed by atoms with van der Waals surface area (Å²) in [6, 6.07) is 6.96. The topological polar surface area (TPSA) is 72.9 Å². The van der Waals surface area contributed by atoms with Crippen LogP contribution in [0.3, 0.4) is 0 Å². The van der Waals surface area contributed by atoms with Crippen LogP contribution in [0.4, 0.5) is 5.69 Å². The molecular formula is C12H13BrN4O. The minimum atomic E-state index is -0.590. The first-order chi connectivity index (χ1) is 8.56. The summed E-state index contributed by atoms with van der Waals surface area (Å²) < 4.78 is 2.57. The zero-order chi connectivity index (χ0) is 13.1. The number of halogens is 1. The van der Waals surface area contributed by atoms with Gasteiger partial charge >= 0.3 is 0 Å². The third kappa shape index (κ3) is 2.89. The van der Waals surface area contributed by atoms with Gasteiger partial charge in [0, 0.05) is 29.0 Å². The van der Waals surface area contributed by atoms with Crippen LogP contribution in [0, 0.1) is 0 Å². The number of carbonyl (C=O) groups is 1. The summed E-state index contributed by atoms with van der Waals surface area (Å²) in [6.45, 7) is 0. The molecule has 1 aromatic heterocycles. The Labute approximate surface area is 113 Å². The van der Waals surface area contributed by atoms with E-state index in [9.17, 15) is 4.79 Å². The van der Waals surface area contributed by atoms with Crippen molar-refractivity contribution in [2.24, 2.45) is 12.8 Å². The van der Waals surface area contributed by atoms with Crippen LogP contribution in [0.2, 0.25) is 0 Å². The molecular weight excluding hydrogens is 296 g/mol. The molecule has 1 aromatic carbocycles. The molecule has 0 fully saturated rings. The van der Waals surface area contributed by atoms with E-state index >= 15 is 0 Å². The van der Waals surface area contributed by atoms with Crippen LogP contribution in [0.5, 0.6) is 0 Å². The summed E-state index contributed by atoms with van der Waals surface area (Å²) in [6.07, 6.45) is 3.39. The van der Waals surface area contributed by atoms with E-state index in [0.29, 0.717) is 0 Å². The highest BCUT2D eigenvalue weighted by Gasteiger charge is 2.19. The first-order valence-electron chi connectivity index (χ1n) is 5.36. The molecule has 5 nitrogen and oxygen atoms in total. The fourth-order valence-electron chi connectivity index (χ4n) is 1.65. The Morgan fingerprint density at radius 1 is 1.56 bits per heavy atom. The summed E-state index contributed by atoms with van der Waals surface area (Å²) in [7, 11) is 1.79. The zero-order valence-electron chi connectivity index (χ0n) is 9.80. The van der Waals surface area contributed by atoms with Crippen LogP contribution in [0.15, 0.2) is 41.1 Å². The highest BCUT2D eigenvalue weighted by atomic mass is 79.9. The summed E-state index contributed by atoms with van der Waals surface area (Å²) in [4.78, 5) is 11.5. The van der Waals surface area contributed by atoms with Crippen molar-refractivity contribution in [3.8, 4) is 0 Å². The molecule has 2 rings (SSSR count). The molecule has 1 unspecified atom stereocenters. The van der Waals surface area contributed by atoms with E-state index in [1.54, 1.807) is 24.1 Å². The van der Waals surface area contributed by atoms with Crippen molar-refractivity contribution in [3.05, 3.63) is 46.7 Å². The summed E-state index contributed by atoms with van der Waals surface area (Å²) in [5, 5.41) is 7.13. The van der Waals surface area contributed by atoms with E-state index in [2.05, 4.69) is 26.3 Å². The molecule has 1 heterocycles. The molecule has 0 saturated carbocycles. The van der Waals surface area contributed by atoms with Crippen LogP contribution in [-0.2, 0) is 11.8 Å². The SMILES string of the molecule is Cn1cc(C(Nc2cccc(Br)c2)C(N)=O)cn1. The maximum atomic E-state index is 11.5. The Balaban J connectivity index is 2.24. The highest BCUT2D eigenvalue weighted by Crippen LogP contribution is 2.21. The van der Waals surface area contributed by atoms with Gasteiger partial charge in [0.2, 0.25) is 5.91 Å². The van der Waals surface area contributed by atoms with Gasteiger partial charge in [0.1, 0.15) is 6.04 Å². The van der Waals surface area contributed by atoms with Gasteiger partial charge in [0.15, 0.2) is 0 Å². The number of rotatable bonds is 4. The predicted octanol–water partition coefficient (Wildman–Crippen LogP) is 1.82. The normalized spacial score (nSPS) is 12.1. The minimum Gasteiger partial charge on any atom is -0.370 e. The number of primary amides is 1. The van der Waals surface area contributed by atoms with Crippen molar-refractivity contribution >= 4 is 27.5 Å². The molecule has 94 valence electrons. The van der Waals surface area contributed by atoms with Gasteiger partial charge in [0.05, 0.1) is 6.20 Å². The Morgan fingerprint density at radius 3 is 2.89 bits per heavy atom. The number of carbonyl (C=O) groups excluding carboxylic acids is 1. The quantitative estimate of drug-likeness (QED) is 0.905. The van der Waals surface area contributed by atoms with Crippen molar-refractivity contribution in [2.75, 3.05) is 5.32 Å². The van der Waals surface area contributed by atoms with E-state index in [0.717, 1.165) is 15.7 Å². The average molecular weight is 309 g/mol. The van der Waals surface area contributed by atoms with Gasteiger partial charge in [-0.05, 0) is 18.2 Å². The Morgan fingerprint density at radius 2 is 2.33 bits per heavy atom. The van der Waals surface area contributed by atoms with E-state index in [4.69, 9.17) is 5.73 Å².